The number of halogens is 4. The monoisotopic (exact) mass is 405 g/mol. The SMILES string of the molecule is CCOC(=O)Cc1cc(I)c(OC(F)(F)F)nc1OC. The predicted octanol–water partition coefficient (Wildman–Crippen LogP) is 2.70. The van der Waals surface area contributed by atoms with Gasteiger partial charge in [0.15, 0.2) is 0 Å². The topological polar surface area (TPSA) is 57.7 Å². The molecule has 0 fully saturated rings. The van der Waals surface area contributed by atoms with E-state index in [-0.39, 0.29) is 22.5 Å². The molecule has 0 radical (unpaired) electrons. The zero-order chi connectivity index (χ0) is 15.3. The van der Waals surface area contributed by atoms with Crippen LogP contribution in [0.1, 0.15) is 12.5 Å². The van der Waals surface area contributed by atoms with Crippen molar-refractivity contribution in [3.8, 4) is 11.8 Å². The number of alkyl halides is 3. The first kappa shape index (κ1) is 16.8. The summed E-state index contributed by atoms with van der Waals surface area (Å²) < 4.78 is 50.1. The molecule has 1 aromatic heterocycles. The summed E-state index contributed by atoms with van der Waals surface area (Å²) in [6.45, 7) is 1.86. The Morgan fingerprint density at radius 2 is 2.05 bits per heavy atom. The van der Waals surface area contributed by atoms with Crippen molar-refractivity contribution < 1.29 is 32.2 Å². The van der Waals surface area contributed by atoms with Crippen molar-refractivity contribution in [3.63, 3.8) is 0 Å². The van der Waals surface area contributed by atoms with Crippen molar-refractivity contribution in [3.05, 3.63) is 15.2 Å². The van der Waals surface area contributed by atoms with E-state index in [1.807, 2.05) is 0 Å². The first-order valence-electron chi connectivity index (χ1n) is 5.41. The molecular formula is C11H11F3INO4. The summed E-state index contributed by atoms with van der Waals surface area (Å²) in [4.78, 5) is 15.0. The van der Waals surface area contributed by atoms with E-state index in [1.54, 1.807) is 29.5 Å². The van der Waals surface area contributed by atoms with Gasteiger partial charge in [0.25, 0.3) is 0 Å². The van der Waals surface area contributed by atoms with Crippen molar-refractivity contribution in [2.24, 2.45) is 0 Å². The van der Waals surface area contributed by atoms with Gasteiger partial charge in [-0.3, -0.25) is 4.79 Å². The molecule has 1 heterocycles. The van der Waals surface area contributed by atoms with E-state index in [9.17, 15) is 18.0 Å². The molecule has 5 nitrogen and oxygen atoms in total. The van der Waals surface area contributed by atoms with Gasteiger partial charge in [0, 0.05) is 5.56 Å². The number of carbonyl (C=O) groups excluding carboxylic acids is 1. The summed E-state index contributed by atoms with van der Waals surface area (Å²) >= 11 is 1.63. The van der Waals surface area contributed by atoms with Crippen LogP contribution in [-0.4, -0.2) is 31.0 Å². The molecule has 0 aromatic carbocycles. The number of hydrogen-bond acceptors (Lipinski definition) is 5. The Bertz CT molecular complexity index is 493. The summed E-state index contributed by atoms with van der Waals surface area (Å²) in [5.74, 6) is -1.26. The Morgan fingerprint density at radius 1 is 1.40 bits per heavy atom. The lowest BCUT2D eigenvalue weighted by atomic mass is 10.2. The fraction of sp³-hybridized carbons (Fsp3) is 0.455. The summed E-state index contributed by atoms with van der Waals surface area (Å²) in [6.07, 6.45) is -4.99. The van der Waals surface area contributed by atoms with Crippen LogP contribution in [0.15, 0.2) is 6.07 Å². The lowest BCUT2D eigenvalue weighted by Crippen LogP contribution is -2.19. The number of rotatable bonds is 5. The second-order valence-corrected chi connectivity index (χ2v) is 4.64. The molecule has 0 N–H and O–H groups in total. The molecule has 0 unspecified atom stereocenters. The molecule has 0 atom stereocenters. The highest BCUT2D eigenvalue weighted by atomic mass is 127. The molecule has 0 aliphatic carbocycles. The molecule has 0 spiro atoms. The molecule has 0 saturated carbocycles. The zero-order valence-corrected chi connectivity index (χ0v) is 12.7. The molecule has 112 valence electrons. The number of nitrogens with zero attached hydrogens (tertiary/aromatic N) is 1. The Balaban J connectivity index is 3.04. The maximum atomic E-state index is 12.2. The highest BCUT2D eigenvalue weighted by Gasteiger charge is 2.33. The molecule has 1 rings (SSSR count). The summed E-state index contributed by atoms with van der Waals surface area (Å²) in [6, 6.07) is 1.34. The standard InChI is InChI=1S/C11H11F3INO4/c1-3-19-8(17)5-6-4-7(15)10(16-9(6)18-2)20-11(12,13)14/h4H,3,5H2,1-2H3. The van der Waals surface area contributed by atoms with Gasteiger partial charge in [-0.2, -0.15) is 4.98 Å². The van der Waals surface area contributed by atoms with Gasteiger partial charge in [-0.05, 0) is 35.6 Å². The van der Waals surface area contributed by atoms with Gasteiger partial charge in [-0.15, -0.1) is 13.2 Å². The van der Waals surface area contributed by atoms with E-state index in [4.69, 9.17) is 9.47 Å². The lowest BCUT2D eigenvalue weighted by molar-refractivity contribution is -0.276. The average molecular weight is 405 g/mol. The fourth-order valence-electron chi connectivity index (χ4n) is 1.35. The van der Waals surface area contributed by atoms with Crippen molar-refractivity contribution in [2.75, 3.05) is 13.7 Å². The highest BCUT2D eigenvalue weighted by molar-refractivity contribution is 14.1. The van der Waals surface area contributed by atoms with Crippen LogP contribution in [0.25, 0.3) is 0 Å². The second kappa shape index (κ2) is 6.95. The van der Waals surface area contributed by atoms with Crippen molar-refractivity contribution >= 4 is 28.6 Å². The quantitative estimate of drug-likeness (QED) is 0.557. The Hall–Kier alpha value is -1.26. The third-order valence-electron chi connectivity index (χ3n) is 2.03. The van der Waals surface area contributed by atoms with Crippen LogP contribution in [0, 0.1) is 3.57 Å². The molecule has 0 saturated heterocycles. The van der Waals surface area contributed by atoms with Crippen LogP contribution >= 0.6 is 22.6 Å². The van der Waals surface area contributed by atoms with Gasteiger partial charge in [0.1, 0.15) is 0 Å². The molecule has 0 aliphatic heterocycles. The van der Waals surface area contributed by atoms with E-state index in [1.165, 1.54) is 13.2 Å². The molecule has 9 heteroatoms. The number of hydrogen-bond donors (Lipinski definition) is 0. The number of methoxy groups -OCH3 is 1. The van der Waals surface area contributed by atoms with Crippen LogP contribution in [0.4, 0.5) is 13.2 Å². The summed E-state index contributed by atoms with van der Waals surface area (Å²) in [5, 5.41) is 0. The Labute approximate surface area is 126 Å². The molecule has 0 aliphatic rings. The minimum absolute atomic E-state index is 0.111. The van der Waals surface area contributed by atoms with Gasteiger partial charge >= 0.3 is 12.3 Å². The van der Waals surface area contributed by atoms with Crippen LogP contribution in [0.2, 0.25) is 0 Å². The normalized spacial score (nSPS) is 11.1. The Morgan fingerprint density at radius 3 is 2.55 bits per heavy atom. The van der Waals surface area contributed by atoms with E-state index in [0.29, 0.717) is 5.56 Å². The summed E-state index contributed by atoms with van der Waals surface area (Å²) in [7, 11) is 1.24. The van der Waals surface area contributed by atoms with E-state index >= 15 is 0 Å². The maximum absolute atomic E-state index is 12.2. The molecule has 0 amide bonds. The first-order chi connectivity index (χ1) is 9.26. The minimum Gasteiger partial charge on any atom is -0.481 e. The van der Waals surface area contributed by atoms with Crippen LogP contribution < -0.4 is 9.47 Å². The van der Waals surface area contributed by atoms with Crippen LogP contribution in [0.3, 0.4) is 0 Å². The average Bonchev–Trinajstić information content (AvgIpc) is 2.31. The number of pyridine rings is 1. The van der Waals surface area contributed by atoms with Crippen molar-refractivity contribution in [2.45, 2.75) is 19.7 Å². The molecule has 0 bridgehead atoms. The van der Waals surface area contributed by atoms with Gasteiger partial charge in [0.2, 0.25) is 11.8 Å². The molecule has 1 aromatic rings. The first-order valence-corrected chi connectivity index (χ1v) is 6.49. The summed E-state index contributed by atoms with van der Waals surface area (Å²) in [5.41, 5.74) is 0.324. The Kier molecular flexibility index (Phi) is 5.84. The second-order valence-electron chi connectivity index (χ2n) is 3.47. The van der Waals surface area contributed by atoms with Gasteiger partial charge in [-0.25, -0.2) is 0 Å². The maximum Gasteiger partial charge on any atom is 0.574 e. The van der Waals surface area contributed by atoms with Crippen LogP contribution in [-0.2, 0) is 16.0 Å². The number of ether oxygens (including phenoxy) is 3. The zero-order valence-electron chi connectivity index (χ0n) is 10.6. The smallest absolute Gasteiger partial charge is 0.481 e. The van der Waals surface area contributed by atoms with Gasteiger partial charge in [0.05, 0.1) is 23.7 Å². The van der Waals surface area contributed by atoms with E-state index < -0.39 is 18.2 Å². The van der Waals surface area contributed by atoms with E-state index in [0.717, 1.165) is 0 Å². The number of aromatic nitrogens is 1. The fourth-order valence-corrected chi connectivity index (χ4v) is 1.95. The third kappa shape index (κ3) is 5.02. The lowest BCUT2D eigenvalue weighted by Gasteiger charge is -2.13. The largest absolute Gasteiger partial charge is 0.574 e. The van der Waals surface area contributed by atoms with Gasteiger partial charge in [-0.1, -0.05) is 0 Å². The number of carbonyl (C=O) groups is 1. The van der Waals surface area contributed by atoms with E-state index in [2.05, 4.69) is 9.72 Å². The molecular weight excluding hydrogens is 394 g/mol. The van der Waals surface area contributed by atoms with Crippen LogP contribution in [0.5, 0.6) is 11.8 Å². The third-order valence-corrected chi connectivity index (χ3v) is 2.80. The van der Waals surface area contributed by atoms with Gasteiger partial charge < -0.3 is 14.2 Å². The predicted molar refractivity (Wildman–Crippen MR) is 70.5 cm³/mol. The highest BCUT2D eigenvalue weighted by Crippen LogP contribution is 2.30. The molecule has 20 heavy (non-hydrogen) atoms. The number of esters is 1. The van der Waals surface area contributed by atoms with Crippen molar-refractivity contribution in [1.82, 2.24) is 4.98 Å². The van der Waals surface area contributed by atoms with Crippen molar-refractivity contribution in [1.29, 1.82) is 0 Å². The minimum atomic E-state index is -4.85.